The van der Waals surface area contributed by atoms with Gasteiger partial charge in [0.15, 0.2) is 5.54 Å². The molecule has 2 heterocycles. The molecule has 1 spiro atoms. The molecule has 2 aliphatic rings. The molecule has 0 saturated heterocycles. The summed E-state index contributed by atoms with van der Waals surface area (Å²) in [6.45, 7) is 0. The largest absolute Gasteiger partial charge is 0.404 e. The Balaban J connectivity index is 1.78. The third kappa shape index (κ3) is 1.84. The van der Waals surface area contributed by atoms with E-state index in [0.29, 0.717) is 5.90 Å². The summed E-state index contributed by atoms with van der Waals surface area (Å²) in [5.41, 5.74) is -0.577. The van der Waals surface area contributed by atoms with Crippen LogP contribution in [-0.2, 0) is 9.53 Å². The minimum Gasteiger partial charge on any atom is -0.404 e. The van der Waals surface area contributed by atoms with Gasteiger partial charge in [-0.2, -0.15) is 0 Å². The lowest BCUT2D eigenvalue weighted by molar-refractivity contribution is -0.138. The quantitative estimate of drug-likeness (QED) is 0.720. The normalized spacial score (nSPS) is 20.6. The highest BCUT2D eigenvalue weighted by Gasteiger charge is 2.48. The molecule has 1 aromatic carbocycles. The number of hydrogen-bond acceptors (Lipinski definition) is 4. The predicted molar refractivity (Wildman–Crippen MR) is 83.4 cm³/mol. The summed E-state index contributed by atoms with van der Waals surface area (Å²) >= 11 is 5.09. The van der Waals surface area contributed by atoms with Gasteiger partial charge in [-0.05, 0) is 36.4 Å². The van der Waals surface area contributed by atoms with E-state index in [1.54, 1.807) is 11.3 Å². The first-order valence-corrected chi connectivity index (χ1v) is 8.29. The fourth-order valence-corrected chi connectivity index (χ4v) is 4.48. The van der Waals surface area contributed by atoms with Crippen molar-refractivity contribution in [1.82, 2.24) is 0 Å². The Morgan fingerprint density at radius 3 is 2.85 bits per heavy atom. The molecule has 1 aromatic heterocycles. The molecule has 0 atom stereocenters. The van der Waals surface area contributed by atoms with E-state index in [1.165, 1.54) is 4.70 Å². The number of carbonyl (C=O) groups is 1. The molecule has 20 heavy (non-hydrogen) atoms. The second-order valence-electron chi connectivity index (χ2n) is 5.34. The molecule has 4 rings (SSSR count). The number of benzene rings is 1. The minimum atomic E-state index is -0.577. The molecule has 1 aliphatic carbocycles. The zero-order valence-corrected chi connectivity index (χ0v) is 13.1. The Hall–Kier alpha value is -1.20. The summed E-state index contributed by atoms with van der Waals surface area (Å²) in [7, 11) is 0. The van der Waals surface area contributed by atoms with Crippen molar-refractivity contribution in [2.45, 2.75) is 31.2 Å². The van der Waals surface area contributed by atoms with Gasteiger partial charge in [-0.1, -0.05) is 34.8 Å². The zero-order chi connectivity index (χ0) is 13.7. The van der Waals surface area contributed by atoms with Gasteiger partial charge in [0.2, 0.25) is 5.90 Å². The second-order valence-corrected chi connectivity index (χ2v) is 7.34. The fourth-order valence-electron chi connectivity index (χ4n) is 2.94. The molecule has 102 valence electrons. The van der Waals surface area contributed by atoms with E-state index in [0.717, 1.165) is 40.4 Å². The van der Waals surface area contributed by atoms with E-state index in [2.05, 4.69) is 33.1 Å². The number of rotatable bonds is 1. The average molecular weight is 350 g/mol. The van der Waals surface area contributed by atoms with E-state index < -0.39 is 5.54 Å². The molecule has 1 saturated carbocycles. The molecule has 0 radical (unpaired) electrons. The average Bonchev–Trinajstić information content (AvgIpc) is 3.10. The molecular weight excluding hydrogens is 338 g/mol. The van der Waals surface area contributed by atoms with Crippen molar-refractivity contribution in [2.24, 2.45) is 4.99 Å². The lowest BCUT2D eigenvalue weighted by Crippen LogP contribution is -2.29. The highest BCUT2D eigenvalue weighted by atomic mass is 79.9. The molecule has 0 bridgehead atoms. The van der Waals surface area contributed by atoms with Crippen LogP contribution in [0.25, 0.3) is 10.1 Å². The number of halogens is 1. The van der Waals surface area contributed by atoms with Crippen LogP contribution in [0.2, 0.25) is 0 Å². The smallest absolute Gasteiger partial charge is 0.340 e. The van der Waals surface area contributed by atoms with Gasteiger partial charge in [-0.3, -0.25) is 0 Å². The van der Waals surface area contributed by atoms with E-state index >= 15 is 0 Å². The second kappa shape index (κ2) is 4.40. The van der Waals surface area contributed by atoms with Gasteiger partial charge in [0.1, 0.15) is 0 Å². The van der Waals surface area contributed by atoms with Crippen LogP contribution < -0.4 is 0 Å². The van der Waals surface area contributed by atoms with Crippen LogP contribution in [0.15, 0.2) is 33.7 Å². The first kappa shape index (κ1) is 12.5. The molecule has 2 aromatic rings. The maximum atomic E-state index is 12.1. The molecule has 0 amide bonds. The highest BCUT2D eigenvalue weighted by Crippen LogP contribution is 2.40. The van der Waals surface area contributed by atoms with E-state index in [-0.39, 0.29) is 5.97 Å². The third-order valence-corrected chi connectivity index (χ3v) is 5.59. The Morgan fingerprint density at radius 2 is 2.05 bits per heavy atom. The monoisotopic (exact) mass is 349 g/mol. The van der Waals surface area contributed by atoms with E-state index in [4.69, 9.17) is 4.74 Å². The number of thiophene rings is 1. The number of cyclic esters (lactones) is 1. The van der Waals surface area contributed by atoms with Gasteiger partial charge in [0.05, 0.1) is 4.88 Å². The lowest BCUT2D eigenvalue weighted by Gasteiger charge is -2.12. The maximum absolute atomic E-state index is 12.1. The molecule has 1 fully saturated rings. The van der Waals surface area contributed by atoms with Crippen molar-refractivity contribution in [3.05, 3.63) is 33.6 Å². The van der Waals surface area contributed by atoms with Crippen LogP contribution >= 0.6 is 27.3 Å². The van der Waals surface area contributed by atoms with Crippen molar-refractivity contribution < 1.29 is 9.53 Å². The Kier molecular flexibility index (Phi) is 2.76. The van der Waals surface area contributed by atoms with Crippen LogP contribution in [0.4, 0.5) is 0 Å². The number of aliphatic imine (C=N–C) groups is 1. The van der Waals surface area contributed by atoms with E-state index in [1.807, 2.05) is 12.1 Å². The van der Waals surface area contributed by atoms with Gasteiger partial charge in [-0.25, -0.2) is 9.79 Å². The zero-order valence-electron chi connectivity index (χ0n) is 10.7. The van der Waals surface area contributed by atoms with Crippen LogP contribution in [0.5, 0.6) is 0 Å². The number of carbonyl (C=O) groups excluding carboxylic acids is 1. The van der Waals surface area contributed by atoms with Crippen molar-refractivity contribution in [3.63, 3.8) is 0 Å². The molecule has 1 aliphatic heterocycles. The Labute approximate surface area is 128 Å². The van der Waals surface area contributed by atoms with Crippen molar-refractivity contribution >= 4 is 49.2 Å². The predicted octanol–water partition coefficient (Wildman–Crippen LogP) is 4.28. The van der Waals surface area contributed by atoms with E-state index in [9.17, 15) is 4.79 Å². The molecule has 0 unspecified atom stereocenters. The maximum Gasteiger partial charge on any atom is 0.340 e. The number of ether oxygens (including phenoxy) is 1. The number of fused-ring (bicyclic) bond motifs is 1. The van der Waals surface area contributed by atoms with Crippen LogP contribution in [0.3, 0.4) is 0 Å². The molecule has 3 nitrogen and oxygen atoms in total. The first-order valence-electron chi connectivity index (χ1n) is 6.68. The first-order chi connectivity index (χ1) is 9.66. The third-order valence-electron chi connectivity index (χ3n) is 4.01. The van der Waals surface area contributed by atoms with Gasteiger partial charge < -0.3 is 4.74 Å². The Morgan fingerprint density at radius 1 is 1.25 bits per heavy atom. The van der Waals surface area contributed by atoms with Gasteiger partial charge in [0, 0.05) is 9.17 Å². The molecular formula is C15H12BrNO2S. The van der Waals surface area contributed by atoms with Crippen LogP contribution in [0.1, 0.15) is 30.6 Å². The van der Waals surface area contributed by atoms with Crippen LogP contribution in [-0.4, -0.2) is 17.4 Å². The highest BCUT2D eigenvalue weighted by molar-refractivity contribution is 9.10. The summed E-state index contributed by atoms with van der Waals surface area (Å²) in [5, 5.41) is 1.15. The molecule has 5 heteroatoms. The number of hydrogen-bond donors (Lipinski definition) is 0. The number of nitrogens with zero attached hydrogens (tertiary/aromatic N) is 1. The number of esters is 1. The van der Waals surface area contributed by atoms with Gasteiger partial charge >= 0.3 is 5.97 Å². The van der Waals surface area contributed by atoms with Crippen molar-refractivity contribution in [3.8, 4) is 0 Å². The summed E-state index contributed by atoms with van der Waals surface area (Å²) in [4.78, 5) is 17.7. The molecule has 0 N–H and O–H groups in total. The standard InChI is InChI=1S/C15H12BrNO2S/c16-10-4-3-9-7-12(20-11(9)8-10)13-17-15(14(18)19-13)5-1-2-6-15/h3-4,7-8H,1-2,5-6H2. The summed E-state index contributed by atoms with van der Waals surface area (Å²) in [5.74, 6) is 0.345. The summed E-state index contributed by atoms with van der Waals surface area (Å²) in [6.07, 6.45) is 3.77. The lowest BCUT2D eigenvalue weighted by atomic mass is 10.00. The van der Waals surface area contributed by atoms with Gasteiger partial charge in [0.25, 0.3) is 0 Å². The van der Waals surface area contributed by atoms with Gasteiger partial charge in [-0.15, -0.1) is 11.3 Å². The summed E-state index contributed by atoms with van der Waals surface area (Å²) < 4.78 is 7.67. The topological polar surface area (TPSA) is 38.7 Å². The Bertz CT molecular complexity index is 743. The summed E-state index contributed by atoms with van der Waals surface area (Å²) in [6, 6.07) is 8.19. The van der Waals surface area contributed by atoms with Crippen LogP contribution in [0, 0.1) is 0 Å². The van der Waals surface area contributed by atoms with Crippen molar-refractivity contribution in [1.29, 1.82) is 0 Å². The SMILES string of the molecule is O=C1OC(c2cc3ccc(Br)cc3s2)=NC12CCCC2. The fraction of sp³-hybridized carbons (Fsp3) is 0.333. The minimum absolute atomic E-state index is 0.163. The van der Waals surface area contributed by atoms with Crippen molar-refractivity contribution in [2.75, 3.05) is 0 Å².